The van der Waals surface area contributed by atoms with Gasteiger partial charge in [0.25, 0.3) is 0 Å². The molecule has 254 valence electrons. The number of amides is 2. The maximum absolute atomic E-state index is 12.9. The first-order chi connectivity index (χ1) is 23.0. The number of carbonyl (C=O) groups excluding carboxylic acids is 1. The van der Waals surface area contributed by atoms with Crippen molar-refractivity contribution in [1.29, 1.82) is 0 Å². The van der Waals surface area contributed by atoms with Crippen molar-refractivity contribution in [1.82, 2.24) is 20.1 Å². The van der Waals surface area contributed by atoms with Crippen LogP contribution in [0.1, 0.15) is 63.0 Å². The van der Waals surface area contributed by atoms with Crippen LogP contribution >= 0.6 is 11.8 Å². The molecule has 0 bridgehead atoms. The van der Waals surface area contributed by atoms with E-state index in [0.29, 0.717) is 29.1 Å². The van der Waals surface area contributed by atoms with Gasteiger partial charge in [-0.3, -0.25) is 0 Å². The summed E-state index contributed by atoms with van der Waals surface area (Å²) in [5.41, 5.74) is 4.74. The number of carbonyl (C=O) groups is 1. The van der Waals surface area contributed by atoms with Gasteiger partial charge in [0, 0.05) is 36.2 Å². The van der Waals surface area contributed by atoms with E-state index in [1.807, 2.05) is 36.4 Å². The molecule has 0 radical (unpaired) electrons. The number of aromatic nitrogens is 3. The Morgan fingerprint density at radius 2 is 1.77 bits per heavy atom. The van der Waals surface area contributed by atoms with E-state index < -0.39 is 6.36 Å². The minimum absolute atomic E-state index is 0.261. The fourth-order valence-corrected chi connectivity index (χ4v) is 6.37. The summed E-state index contributed by atoms with van der Waals surface area (Å²) in [5.74, 6) is 2.45. The molecule has 1 N–H and O–H groups in total. The molecule has 0 aliphatic carbocycles. The van der Waals surface area contributed by atoms with E-state index in [-0.39, 0.29) is 17.7 Å². The zero-order valence-electron chi connectivity index (χ0n) is 27.3. The van der Waals surface area contributed by atoms with Crippen LogP contribution in [0.3, 0.4) is 0 Å². The van der Waals surface area contributed by atoms with Gasteiger partial charge >= 0.3 is 12.4 Å². The van der Waals surface area contributed by atoms with Crippen LogP contribution in [0, 0.1) is 0 Å². The number of nitrogens with one attached hydrogen (secondary N) is 1. The van der Waals surface area contributed by atoms with Gasteiger partial charge in [-0.1, -0.05) is 62.9 Å². The van der Waals surface area contributed by atoms with Crippen LogP contribution < -0.4 is 19.7 Å². The van der Waals surface area contributed by atoms with E-state index in [9.17, 15) is 18.0 Å². The smallest absolute Gasteiger partial charge is 0.497 e. The molecule has 1 fully saturated rings. The quantitative estimate of drug-likeness (QED) is 0.159. The average molecular weight is 681 g/mol. The first kappa shape index (κ1) is 34.8. The molecule has 0 spiro atoms. The lowest BCUT2D eigenvalue weighted by Gasteiger charge is -2.32. The molecule has 1 aliphatic rings. The number of urea groups is 1. The Labute approximate surface area is 282 Å². The predicted octanol–water partition coefficient (Wildman–Crippen LogP) is 8.56. The Bertz CT molecular complexity index is 1710. The topological polar surface area (TPSA) is 93.9 Å². The van der Waals surface area contributed by atoms with Gasteiger partial charge in [0.05, 0.1) is 12.8 Å². The molecule has 1 aromatic heterocycles. The molecule has 3 aromatic carbocycles. The molecule has 2 amide bonds. The molecule has 0 saturated carbocycles. The van der Waals surface area contributed by atoms with Gasteiger partial charge in [0.2, 0.25) is 0 Å². The van der Waals surface area contributed by atoms with Crippen LogP contribution in [-0.2, 0) is 0 Å². The Morgan fingerprint density at radius 3 is 2.46 bits per heavy atom. The van der Waals surface area contributed by atoms with E-state index in [1.165, 1.54) is 40.8 Å². The van der Waals surface area contributed by atoms with Crippen molar-refractivity contribution in [3.63, 3.8) is 0 Å². The molecule has 1 atom stereocenters. The minimum atomic E-state index is -4.75. The second-order valence-electron chi connectivity index (χ2n) is 11.8. The molecular weight excluding hydrogens is 641 g/mol. The largest absolute Gasteiger partial charge is 0.573 e. The summed E-state index contributed by atoms with van der Waals surface area (Å²) in [7, 11) is 1.65. The Kier molecular flexibility index (Phi) is 11.3. The van der Waals surface area contributed by atoms with Crippen LogP contribution in [0.2, 0.25) is 0 Å². The number of thioether (sulfide) groups is 1. The molecule has 13 heteroatoms. The summed E-state index contributed by atoms with van der Waals surface area (Å²) in [6, 6.07) is 19.1. The number of rotatable bonds is 11. The number of hydrogen-bond donors (Lipinski definition) is 1. The number of ether oxygens (including phenoxy) is 2. The molecule has 9 nitrogen and oxygen atoms in total. The number of nitrogens with zero attached hydrogens (tertiary/aromatic N) is 5. The normalized spacial score (nSPS) is 15.1. The number of benzene rings is 3. The maximum atomic E-state index is 12.9. The van der Waals surface area contributed by atoms with Crippen molar-refractivity contribution in [3.05, 3.63) is 84.2 Å². The Morgan fingerprint density at radius 1 is 1.04 bits per heavy atom. The van der Waals surface area contributed by atoms with Gasteiger partial charge < -0.3 is 19.7 Å². The monoisotopic (exact) mass is 680 g/mol. The summed E-state index contributed by atoms with van der Waals surface area (Å²) in [5, 5.41) is 8.14. The predicted molar refractivity (Wildman–Crippen MR) is 183 cm³/mol. The van der Waals surface area contributed by atoms with E-state index in [0.717, 1.165) is 54.1 Å². The van der Waals surface area contributed by atoms with Gasteiger partial charge in [0.15, 0.2) is 11.0 Å². The van der Waals surface area contributed by atoms with Crippen LogP contribution in [0.15, 0.2) is 78.0 Å². The van der Waals surface area contributed by atoms with E-state index in [1.54, 1.807) is 18.9 Å². The van der Waals surface area contributed by atoms with E-state index >= 15 is 0 Å². The first-order valence-electron chi connectivity index (χ1n) is 15.8. The third-order valence-corrected chi connectivity index (χ3v) is 9.05. The summed E-state index contributed by atoms with van der Waals surface area (Å²) in [6.07, 6.45) is -0.566. The number of aliphatic imine (C=N–C) groups is 1. The summed E-state index contributed by atoms with van der Waals surface area (Å²) in [4.78, 5) is 23.8. The summed E-state index contributed by atoms with van der Waals surface area (Å²) in [6.45, 7) is 7.76. The molecule has 48 heavy (non-hydrogen) atoms. The third-order valence-electron chi connectivity index (χ3n) is 7.99. The average Bonchev–Trinajstić information content (AvgIpc) is 3.57. The van der Waals surface area contributed by atoms with Crippen molar-refractivity contribution >= 4 is 28.6 Å². The minimum Gasteiger partial charge on any atom is -0.497 e. The number of methoxy groups -OCH3 is 1. The van der Waals surface area contributed by atoms with E-state index in [2.05, 4.69) is 56.9 Å². The molecule has 1 aliphatic heterocycles. The lowest BCUT2D eigenvalue weighted by molar-refractivity contribution is -0.274. The van der Waals surface area contributed by atoms with Gasteiger partial charge in [-0.2, -0.15) is 4.99 Å². The molecule has 4 aromatic rings. The zero-order chi connectivity index (χ0) is 34.3. The molecular formula is C35H39F3N6O3S. The van der Waals surface area contributed by atoms with Gasteiger partial charge in [-0.25, -0.2) is 14.5 Å². The number of halogens is 3. The van der Waals surface area contributed by atoms with Crippen LogP contribution in [-0.4, -0.2) is 58.3 Å². The van der Waals surface area contributed by atoms with Gasteiger partial charge in [-0.15, -0.1) is 18.3 Å². The molecule has 2 heterocycles. The standard InChI is InChI=1S/C35H39F3N6O3S/c1-23(2)30-17-16-29(46-4)21-31(30)43-19-6-20-48-34(43)41-33(45)39-18-5-7-24(3)25-8-10-26(11-9-25)32-40-22-44(42-32)27-12-14-28(15-13-27)47-35(36,37)38/h8-17,21-24H,5-7,18-20H2,1-4H3,(H,39,45). The van der Waals surface area contributed by atoms with Crippen molar-refractivity contribution in [2.75, 3.05) is 30.9 Å². The number of hydrogen-bond acceptors (Lipinski definition) is 6. The maximum Gasteiger partial charge on any atom is 0.573 e. The highest BCUT2D eigenvalue weighted by atomic mass is 32.2. The fraction of sp³-hybridized carbons (Fsp3) is 0.371. The van der Waals surface area contributed by atoms with Gasteiger partial charge in [0.1, 0.15) is 17.8 Å². The van der Waals surface area contributed by atoms with Crippen LogP contribution in [0.25, 0.3) is 17.1 Å². The first-order valence-corrected chi connectivity index (χ1v) is 16.8. The highest BCUT2D eigenvalue weighted by Crippen LogP contribution is 2.35. The number of alkyl halides is 3. The summed E-state index contributed by atoms with van der Waals surface area (Å²) < 4.78 is 48.2. The highest BCUT2D eigenvalue weighted by Gasteiger charge is 2.31. The highest BCUT2D eigenvalue weighted by molar-refractivity contribution is 8.14. The zero-order valence-corrected chi connectivity index (χ0v) is 28.1. The number of amidine groups is 1. The summed E-state index contributed by atoms with van der Waals surface area (Å²) >= 11 is 1.60. The van der Waals surface area contributed by atoms with Crippen LogP contribution in [0.4, 0.5) is 23.7 Å². The molecule has 1 saturated heterocycles. The molecule has 5 rings (SSSR count). The van der Waals surface area contributed by atoms with Gasteiger partial charge in [-0.05, 0) is 72.6 Å². The SMILES string of the molecule is COc1ccc(C(C)C)c(N2CCCSC2=NC(=O)NCCCC(C)c2ccc(-c3ncn(-c4ccc(OC(F)(F)F)cc4)n3)cc2)c1. The van der Waals surface area contributed by atoms with Crippen molar-refractivity contribution in [2.24, 2.45) is 4.99 Å². The Hall–Kier alpha value is -4.52. The van der Waals surface area contributed by atoms with Crippen molar-refractivity contribution in [2.45, 2.75) is 58.2 Å². The third kappa shape index (κ3) is 9.09. The van der Waals surface area contributed by atoms with Crippen LogP contribution in [0.5, 0.6) is 11.5 Å². The van der Waals surface area contributed by atoms with E-state index in [4.69, 9.17) is 4.74 Å². The fourth-order valence-electron chi connectivity index (χ4n) is 5.43. The Balaban J connectivity index is 1.12. The second-order valence-corrected chi connectivity index (χ2v) is 12.8. The number of anilines is 1. The lowest BCUT2D eigenvalue weighted by atomic mass is 9.95. The molecule has 1 unspecified atom stereocenters. The second kappa shape index (κ2) is 15.6. The van der Waals surface area contributed by atoms with Crippen molar-refractivity contribution in [3.8, 4) is 28.6 Å². The lowest BCUT2D eigenvalue weighted by Crippen LogP contribution is -2.36. The van der Waals surface area contributed by atoms with Crippen molar-refractivity contribution < 1.29 is 27.4 Å².